The highest BCUT2D eigenvalue weighted by atomic mass is 16.6. The number of fused-ring (bicyclic) bond motifs is 1. The molecule has 1 aliphatic rings. The minimum atomic E-state index is -3.72. The molecule has 1 aromatic heterocycles. The van der Waals surface area contributed by atoms with Crippen LogP contribution in [0.5, 0.6) is 5.75 Å². The van der Waals surface area contributed by atoms with Crippen molar-refractivity contribution in [2.24, 2.45) is 6.98 Å². The molecule has 0 saturated heterocycles. The van der Waals surface area contributed by atoms with Crippen LogP contribution in [0.3, 0.4) is 0 Å². The fourth-order valence-electron chi connectivity index (χ4n) is 3.20. The van der Waals surface area contributed by atoms with Gasteiger partial charge >= 0.3 is 12.1 Å². The first-order valence-corrected chi connectivity index (χ1v) is 9.06. The molecule has 0 radical (unpaired) electrons. The predicted octanol–water partition coefficient (Wildman–Crippen LogP) is 5.06. The third kappa shape index (κ3) is 4.56. The molecule has 0 spiro atoms. The second-order valence-corrected chi connectivity index (χ2v) is 6.59. The van der Waals surface area contributed by atoms with Crippen LogP contribution in [0.2, 0.25) is 0 Å². The van der Waals surface area contributed by atoms with Gasteiger partial charge in [-0.05, 0) is 67.0 Å². The first-order valence-electron chi connectivity index (χ1n) is 18.1. The Kier molecular flexibility index (Phi) is 2.57. The van der Waals surface area contributed by atoms with Crippen molar-refractivity contribution in [2.45, 2.75) is 38.0 Å². The molecular formula is C25H28N2O5. The minimum absolute atomic E-state index is 0.0666. The third-order valence-electron chi connectivity index (χ3n) is 4.63. The highest BCUT2D eigenvalue weighted by Gasteiger charge is 2.19. The predicted molar refractivity (Wildman–Crippen MR) is 122 cm³/mol. The Morgan fingerprint density at radius 1 is 1.19 bits per heavy atom. The Hall–Kier alpha value is -3.48. The molecule has 1 aliphatic carbocycles. The number of hydrogen-bond acceptors (Lipinski definition) is 5. The fraction of sp³-hybridized carbons (Fsp3) is 0.360. The molecule has 7 nitrogen and oxygen atoms in total. The van der Waals surface area contributed by atoms with Crippen molar-refractivity contribution in [2.75, 3.05) is 19.4 Å². The molecule has 3 aromatic rings. The van der Waals surface area contributed by atoms with Crippen LogP contribution in [0.15, 0.2) is 42.6 Å². The number of aryl methyl sites for hydroxylation is 1. The summed E-state index contributed by atoms with van der Waals surface area (Å²) < 4.78 is 155. The Bertz CT molecular complexity index is 1800. The summed E-state index contributed by atoms with van der Waals surface area (Å²) in [6.45, 7) is -2.76. The number of aromatic nitrogens is 1. The normalized spacial score (nSPS) is 30.6. The SMILES string of the molecule is [2H]C([2H])([2H])OC(=O)c1ccc(Cc2cn(C([2H])([2H])[2H])c3ccc(NC(=O)OC4([2H])C([2H])([2H])C([2H])([2H])C([2H])([2H])C4([2H])[2H])cc23)c(OC([2H])([2H])[2H])c1. The average Bonchev–Trinajstić information content (AvgIpc) is 3.31. The van der Waals surface area contributed by atoms with E-state index in [-0.39, 0.29) is 39.7 Å². The first-order chi connectivity index (χ1) is 22.4. The van der Waals surface area contributed by atoms with Gasteiger partial charge < -0.3 is 18.8 Å². The molecule has 1 N–H and O–H groups in total. The summed E-state index contributed by atoms with van der Waals surface area (Å²) >= 11 is 0. The highest BCUT2D eigenvalue weighted by molar-refractivity contribution is 5.92. The van der Waals surface area contributed by atoms with E-state index in [4.69, 9.17) is 34.1 Å². The molecule has 4 rings (SSSR count). The quantitative estimate of drug-likeness (QED) is 0.527. The molecule has 0 bridgehead atoms. The fourth-order valence-corrected chi connectivity index (χ4v) is 3.20. The summed E-state index contributed by atoms with van der Waals surface area (Å²) in [5.74, 6) is -1.72. The van der Waals surface area contributed by atoms with Gasteiger partial charge in [-0.2, -0.15) is 0 Å². The number of hydrogen-bond donors (Lipinski definition) is 1. The van der Waals surface area contributed by atoms with Crippen LogP contribution in [0.4, 0.5) is 10.5 Å². The van der Waals surface area contributed by atoms with Gasteiger partial charge in [0.2, 0.25) is 0 Å². The van der Waals surface area contributed by atoms with E-state index in [0.29, 0.717) is 0 Å². The molecule has 1 saturated carbocycles. The maximum Gasteiger partial charge on any atom is 0.411 e. The maximum atomic E-state index is 12.9. The number of nitrogens with one attached hydrogen (secondary N) is 1. The lowest BCUT2D eigenvalue weighted by Crippen LogP contribution is -2.20. The van der Waals surface area contributed by atoms with E-state index < -0.39 is 70.4 Å². The molecule has 2 aromatic carbocycles. The summed E-state index contributed by atoms with van der Waals surface area (Å²) in [4.78, 5) is 25.3. The van der Waals surface area contributed by atoms with Crippen molar-refractivity contribution in [3.05, 3.63) is 59.3 Å². The third-order valence-corrected chi connectivity index (χ3v) is 4.63. The Balaban J connectivity index is 1.74. The summed E-state index contributed by atoms with van der Waals surface area (Å²) in [5, 5.41) is 2.26. The van der Waals surface area contributed by atoms with E-state index in [1.165, 1.54) is 30.5 Å². The van der Waals surface area contributed by atoms with Gasteiger partial charge in [0.1, 0.15) is 11.8 Å². The van der Waals surface area contributed by atoms with Crippen LogP contribution in [-0.4, -0.2) is 36.8 Å². The van der Waals surface area contributed by atoms with Gasteiger partial charge in [-0.15, -0.1) is 0 Å². The molecule has 32 heavy (non-hydrogen) atoms. The number of benzene rings is 2. The second kappa shape index (κ2) is 9.34. The Labute approximate surface area is 212 Å². The Morgan fingerprint density at radius 3 is 2.84 bits per heavy atom. The van der Waals surface area contributed by atoms with Gasteiger partial charge in [0.15, 0.2) is 0 Å². The van der Waals surface area contributed by atoms with Crippen LogP contribution < -0.4 is 10.1 Å². The largest absolute Gasteiger partial charge is 0.496 e. The van der Waals surface area contributed by atoms with E-state index in [1.54, 1.807) is 0 Å². The van der Waals surface area contributed by atoms with Crippen molar-refractivity contribution in [3.8, 4) is 5.75 Å². The summed E-state index contributed by atoms with van der Waals surface area (Å²) in [6.07, 6.45) is -19.1. The Morgan fingerprint density at radius 2 is 2.06 bits per heavy atom. The molecule has 1 amide bonds. The van der Waals surface area contributed by atoms with Crippen LogP contribution in [-0.2, 0) is 22.9 Å². The summed E-state index contributed by atoms with van der Waals surface area (Å²) in [7, 11) is -6.16. The highest BCUT2D eigenvalue weighted by Crippen LogP contribution is 2.30. The van der Waals surface area contributed by atoms with Crippen molar-refractivity contribution >= 4 is 28.7 Å². The molecule has 168 valence electrons. The van der Waals surface area contributed by atoms with Gasteiger partial charge in [0.05, 0.1) is 29.2 Å². The smallest absolute Gasteiger partial charge is 0.411 e. The molecular weight excluding hydrogens is 408 g/mol. The number of carbonyl (C=O) groups is 2. The molecule has 0 unspecified atom stereocenters. The second-order valence-electron chi connectivity index (χ2n) is 6.59. The van der Waals surface area contributed by atoms with Gasteiger partial charge in [0, 0.05) is 51.3 Å². The lowest BCUT2D eigenvalue weighted by molar-refractivity contribution is 0.0600. The van der Waals surface area contributed by atoms with Crippen LogP contribution >= 0.6 is 0 Å². The molecule has 0 aliphatic heterocycles. The number of amides is 1. The first kappa shape index (κ1) is 8.81. The van der Waals surface area contributed by atoms with Crippen molar-refractivity contribution < 1.29 is 48.5 Å². The van der Waals surface area contributed by atoms with Crippen LogP contribution in [0, 0.1) is 0 Å². The zero-order valence-corrected chi connectivity index (χ0v) is 16.2. The number of ether oxygens (including phenoxy) is 3. The monoisotopic (exact) mass is 454 g/mol. The summed E-state index contributed by atoms with van der Waals surface area (Å²) in [6, 6.07) is 6.93. The summed E-state index contributed by atoms with van der Waals surface area (Å²) in [5.41, 5.74) is -0.217. The molecule has 7 heteroatoms. The van der Waals surface area contributed by atoms with Crippen LogP contribution in [0.1, 0.15) is 71.7 Å². The number of rotatable bonds is 6. The van der Waals surface area contributed by atoms with Gasteiger partial charge in [-0.25, -0.2) is 9.59 Å². The lowest BCUT2D eigenvalue weighted by Gasteiger charge is -2.12. The minimum Gasteiger partial charge on any atom is -0.496 e. The lowest BCUT2D eigenvalue weighted by atomic mass is 10.0. The van der Waals surface area contributed by atoms with Crippen molar-refractivity contribution in [1.82, 2.24) is 4.57 Å². The van der Waals surface area contributed by atoms with Crippen molar-refractivity contribution in [1.29, 1.82) is 0 Å². The van der Waals surface area contributed by atoms with E-state index in [1.807, 2.05) is 0 Å². The molecule has 1 heterocycles. The zero-order valence-electron chi connectivity index (χ0n) is 34.2. The number of methoxy groups -OCH3 is 2. The number of nitrogens with zero attached hydrogens (tertiary/aromatic N) is 1. The average molecular weight is 455 g/mol. The molecule has 1 fully saturated rings. The standard InChI is InChI=1S/C25H28N2O5/c1-27-15-18(12-16-8-9-17(24(28)31-3)13-23(16)30-2)21-14-19(10-11-22(21)27)26-25(29)32-20-6-4-5-7-20/h8-11,13-15,20H,4-7,12H2,1-3H3,(H,26,29)/i1D3,2D3,3D3,4D2,5D2,6D2,7D2,20D. The van der Waals surface area contributed by atoms with E-state index in [9.17, 15) is 9.59 Å². The van der Waals surface area contributed by atoms with Gasteiger partial charge in [-0.3, -0.25) is 5.32 Å². The van der Waals surface area contributed by atoms with Crippen molar-refractivity contribution in [3.63, 3.8) is 0 Å². The number of anilines is 1. The van der Waals surface area contributed by atoms with Gasteiger partial charge in [-0.1, -0.05) is 6.07 Å². The van der Waals surface area contributed by atoms with E-state index in [2.05, 4.69) is 10.1 Å². The van der Waals surface area contributed by atoms with E-state index in [0.717, 1.165) is 16.7 Å². The van der Waals surface area contributed by atoms with Crippen LogP contribution in [0.25, 0.3) is 10.9 Å². The molecule has 0 atom stereocenters. The number of esters is 1. The number of carbonyl (C=O) groups excluding carboxylic acids is 2. The topological polar surface area (TPSA) is 78.8 Å². The zero-order chi connectivity index (χ0) is 38.3. The maximum absolute atomic E-state index is 12.9. The van der Waals surface area contributed by atoms with E-state index >= 15 is 0 Å². The van der Waals surface area contributed by atoms with Gasteiger partial charge in [0.25, 0.3) is 0 Å².